The molecule has 1 aliphatic rings. The van der Waals surface area contributed by atoms with Crippen molar-refractivity contribution in [3.63, 3.8) is 0 Å². The molecule has 8 heteroatoms. The molecule has 0 saturated carbocycles. The Morgan fingerprint density at radius 1 is 1.04 bits per heavy atom. The fourth-order valence-corrected chi connectivity index (χ4v) is 3.38. The highest BCUT2D eigenvalue weighted by Gasteiger charge is 2.17. The van der Waals surface area contributed by atoms with Crippen LogP contribution in [0.1, 0.15) is 12.8 Å². The summed E-state index contributed by atoms with van der Waals surface area (Å²) in [4.78, 5) is 3.98. The zero-order valence-electron chi connectivity index (χ0n) is 12.5. The quantitative estimate of drug-likeness (QED) is 0.811. The van der Waals surface area contributed by atoms with Gasteiger partial charge in [0.2, 0.25) is 0 Å². The molecule has 1 aromatic carbocycles. The fourth-order valence-electron chi connectivity index (χ4n) is 2.40. The fraction of sp³-hybridized carbons (Fsp3) is 0.188. The number of benzene rings is 1. The minimum atomic E-state index is -3.98. The average Bonchev–Trinajstić information content (AvgIpc) is 2.99. The first-order valence-electron chi connectivity index (χ1n) is 7.29. The minimum Gasteiger partial charge on any atom is -0.367 e. The lowest BCUT2D eigenvalue weighted by atomic mass is 10.2. The van der Waals surface area contributed by atoms with Crippen molar-refractivity contribution in [2.75, 3.05) is 10.0 Å². The van der Waals surface area contributed by atoms with Gasteiger partial charge in [-0.2, -0.15) is 0 Å². The number of nitrogens with one attached hydrogen (secondary N) is 2. The summed E-state index contributed by atoms with van der Waals surface area (Å²) in [5.41, 5.74) is -0.188. The molecule has 0 bridgehead atoms. The monoisotopic (exact) mass is 351 g/mol. The number of aromatic nitrogens is 1. The van der Waals surface area contributed by atoms with E-state index in [1.165, 1.54) is 12.3 Å². The molecule has 126 valence electrons. The van der Waals surface area contributed by atoms with Crippen LogP contribution < -0.4 is 10.0 Å². The number of pyridine rings is 1. The van der Waals surface area contributed by atoms with E-state index >= 15 is 0 Å². The van der Waals surface area contributed by atoms with E-state index in [-0.39, 0.29) is 16.6 Å². The van der Waals surface area contributed by atoms with Crippen molar-refractivity contribution in [2.45, 2.75) is 23.8 Å². The van der Waals surface area contributed by atoms with Crippen LogP contribution in [0.5, 0.6) is 0 Å². The standard InChI is InChI=1S/C16H15F2N3O2S/c17-11-7-12(18)9-14(8-11)21-24(22,23)15-5-6-16(19-10-15)20-13-3-1-2-4-13/h1-2,5-10,13,21H,3-4H2,(H,19,20). The Morgan fingerprint density at radius 3 is 2.29 bits per heavy atom. The third kappa shape index (κ3) is 3.88. The van der Waals surface area contributed by atoms with E-state index < -0.39 is 21.7 Å². The zero-order chi connectivity index (χ0) is 17.2. The van der Waals surface area contributed by atoms with Gasteiger partial charge in [-0.1, -0.05) is 12.2 Å². The van der Waals surface area contributed by atoms with Crippen LogP contribution in [0.4, 0.5) is 20.3 Å². The maximum Gasteiger partial charge on any atom is 0.263 e. The van der Waals surface area contributed by atoms with Crippen LogP contribution in [0.2, 0.25) is 0 Å². The normalized spacial score (nSPS) is 14.8. The molecule has 1 heterocycles. The summed E-state index contributed by atoms with van der Waals surface area (Å²) in [5.74, 6) is -1.16. The summed E-state index contributed by atoms with van der Waals surface area (Å²) in [6.07, 6.45) is 7.13. The van der Waals surface area contributed by atoms with Crippen LogP contribution in [-0.4, -0.2) is 19.4 Å². The number of hydrogen-bond acceptors (Lipinski definition) is 4. The van der Waals surface area contributed by atoms with Crippen LogP contribution >= 0.6 is 0 Å². The summed E-state index contributed by atoms with van der Waals surface area (Å²) < 4.78 is 52.9. The van der Waals surface area contributed by atoms with E-state index in [0.717, 1.165) is 25.0 Å². The molecule has 0 fully saturated rings. The molecule has 3 rings (SSSR count). The minimum absolute atomic E-state index is 0.0951. The summed E-state index contributed by atoms with van der Waals surface area (Å²) in [6.45, 7) is 0. The number of anilines is 2. The van der Waals surface area contributed by atoms with E-state index in [2.05, 4.69) is 27.2 Å². The van der Waals surface area contributed by atoms with Crippen LogP contribution in [0.25, 0.3) is 0 Å². The zero-order valence-corrected chi connectivity index (χ0v) is 13.4. The molecule has 0 unspecified atom stereocenters. The molecule has 1 aliphatic carbocycles. The van der Waals surface area contributed by atoms with E-state index in [4.69, 9.17) is 0 Å². The molecule has 0 spiro atoms. The molecule has 0 saturated heterocycles. The van der Waals surface area contributed by atoms with Crippen molar-refractivity contribution in [3.05, 3.63) is 60.3 Å². The highest BCUT2D eigenvalue weighted by Crippen LogP contribution is 2.20. The van der Waals surface area contributed by atoms with Gasteiger partial charge in [0.1, 0.15) is 22.3 Å². The number of sulfonamides is 1. The van der Waals surface area contributed by atoms with Crippen molar-refractivity contribution in [1.82, 2.24) is 4.98 Å². The largest absolute Gasteiger partial charge is 0.367 e. The average molecular weight is 351 g/mol. The van der Waals surface area contributed by atoms with Gasteiger partial charge < -0.3 is 5.32 Å². The molecule has 0 radical (unpaired) electrons. The number of hydrogen-bond donors (Lipinski definition) is 2. The molecule has 24 heavy (non-hydrogen) atoms. The van der Waals surface area contributed by atoms with Gasteiger partial charge in [-0.15, -0.1) is 0 Å². The van der Waals surface area contributed by atoms with E-state index in [1.54, 1.807) is 6.07 Å². The Balaban J connectivity index is 1.74. The lowest BCUT2D eigenvalue weighted by Crippen LogP contribution is -2.17. The lowest BCUT2D eigenvalue weighted by molar-refractivity contribution is 0.584. The first-order chi connectivity index (χ1) is 11.4. The summed E-state index contributed by atoms with van der Waals surface area (Å²) >= 11 is 0. The van der Waals surface area contributed by atoms with Gasteiger partial charge in [-0.05, 0) is 37.1 Å². The van der Waals surface area contributed by atoms with E-state index in [0.29, 0.717) is 11.9 Å². The molecule has 5 nitrogen and oxygen atoms in total. The maximum absolute atomic E-state index is 13.2. The molecule has 2 aromatic rings. The van der Waals surface area contributed by atoms with Gasteiger partial charge in [-0.3, -0.25) is 4.72 Å². The van der Waals surface area contributed by atoms with Gasteiger partial charge in [0.15, 0.2) is 0 Å². The van der Waals surface area contributed by atoms with Crippen molar-refractivity contribution < 1.29 is 17.2 Å². The van der Waals surface area contributed by atoms with Crippen LogP contribution in [-0.2, 0) is 10.0 Å². The third-order valence-corrected chi connectivity index (χ3v) is 4.89. The number of rotatable bonds is 5. The van der Waals surface area contributed by atoms with Gasteiger partial charge in [-0.25, -0.2) is 22.2 Å². The smallest absolute Gasteiger partial charge is 0.263 e. The molecule has 1 aromatic heterocycles. The molecule has 0 amide bonds. The second-order valence-electron chi connectivity index (χ2n) is 5.43. The Kier molecular flexibility index (Phi) is 4.48. The number of halogens is 2. The Morgan fingerprint density at radius 2 is 1.71 bits per heavy atom. The van der Waals surface area contributed by atoms with Gasteiger partial charge in [0, 0.05) is 18.3 Å². The van der Waals surface area contributed by atoms with Crippen LogP contribution in [0, 0.1) is 11.6 Å². The molecule has 0 aliphatic heterocycles. The Bertz CT molecular complexity index is 839. The van der Waals surface area contributed by atoms with Gasteiger partial charge in [0.25, 0.3) is 10.0 Å². The van der Waals surface area contributed by atoms with Crippen molar-refractivity contribution in [2.24, 2.45) is 0 Å². The van der Waals surface area contributed by atoms with Crippen molar-refractivity contribution >= 4 is 21.5 Å². The molecular weight excluding hydrogens is 336 g/mol. The SMILES string of the molecule is O=S(=O)(Nc1cc(F)cc(F)c1)c1ccc(NC2CC=CC2)nc1. The van der Waals surface area contributed by atoms with Crippen LogP contribution in [0.3, 0.4) is 0 Å². The van der Waals surface area contributed by atoms with Gasteiger partial charge in [0.05, 0.1) is 5.69 Å². The predicted octanol–water partition coefficient (Wildman–Crippen LogP) is 3.29. The molecular formula is C16H15F2N3O2S. The summed E-state index contributed by atoms with van der Waals surface area (Å²) in [6, 6.07) is 5.66. The van der Waals surface area contributed by atoms with E-state index in [1.807, 2.05) is 0 Å². The first-order valence-corrected chi connectivity index (χ1v) is 8.77. The lowest BCUT2D eigenvalue weighted by Gasteiger charge is -2.13. The second kappa shape index (κ2) is 6.56. The highest BCUT2D eigenvalue weighted by molar-refractivity contribution is 7.92. The predicted molar refractivity (Wildman–Crippen MR) is 87.2 cm³/mol. The van der Waals surface area contributed by atoms with Crippen molar-refractivity contribution in [3.8, 4) is 0 Å². The topological polar surface area (TPSA) is 71.1 Å². The maximum atomic E-state index is 13.2. The Labute approximate surface area is 138 Å². The number of nitrogens with zero attached hydrogens (tertiary/aromatic N) is 1. The Hall–Kier alpha value is -2.48. The van der Waals surface area contributed by atoms with E-state index in [9.17, 15) is 17.2 Å². The molecule has 0 atom stereocenters. The third-order valence-electron chi connectivity index (χ3n) is 3.52. The molecule has 2 N–H and O–H groups in total. The van der Waals surface area contributed by atoms with Crippen LogP contribution in [0.15, 0.2) is 53.6 Å². The first kappa shape index (κ1) is 16.4. The second-order valence-corrected chi connectivity index (χ2v) is 7.11. The summed E-state index contributed by atoms with van der Waals surface area (Å²) in [5, 5.41) is 3.20. The summed E-state index contributed by atoms with van der Waals surface area (Å²) in [7, 11) is -3.98. The van der Waals surface area contributed by atoms with Crippen molar-refractivity contribution in [1.29, 1.82) is 0 Å². The van der Waals surface area contributed by atoms with Gasteiger partial charge >= 0.3 is 0 Å². The highest BCUT2D eigenvalue weighted by atomic mass is 32.2.